The molecule has 4 nitrogen and oxygen atoms in total. The van der Waals surface area contributed by atoms with Crippen molar-refractivity contribution in [2.24, 2.45) is 0 Å². The van der Waals surface area contributed by atoms with Crippen LogP contribution >= 0.6 is 0 Å². The maximum atomic E-state index is 12.4. The molecule has 0 fully saturated rings. The molecule has 0 saturated heterocycles. The Labute approximate surface area is 140 Å². The van der Waals surface area contributed by atoms with E-state index in [0.717, 1.165) is 12.8 Å². The molecule has 0 atom stereocenters. The van der Waals surface area contributed by atoms with Gasteiger partial charge in [0.1, 0.15) is 0 Å². The van der Waals surface area contributed by atoms with Crippen LogP contribution in [0.5, 0.6) is 0 Å². The lowest BCUT2D eigenvalue weighted by molar-refractivity contribution is -0.207. The number of ether oxygens (including phenoxy) is 2. The van der Waals surface area contributed by atoms with Crippen LogP contribution in [0.4, 0.5) is 0 Å². The first-order valence-corrected chi connectivity index (χ1v) is 8.90. The van der Waals surface area contributed by atoms with Crippen molar-refractivity contribution in [2.75, 3.05) is 14.2 Å². The van der Waals surface area contributed by atoms with Crippen molar-refractivity contribution in [1.82, 2.24) is 0 Å². The summed E-state index contributed by atoms with van der Waals surface area (Å²) >= 11 is 0. The van der Waals surface area contributed by atoms with Gasteiger partial charge in [0, 0.05) is 25.4 Å². The Hall–Kier alpha value is -1.00. The summed E-state index contributed by atoms with van der Waals surface area (Å²) in [6, 6.07) is 0. The summed E-state index contributed by atoms with van der Waals surface area (Å²) in [7, 11) is 2.82. The number of Topliss-reactive ketones (excluding diaryl/α,β-unsaturated/α-hetero) is 2. The standard InChI is InChI=1S/C19H32O4/c1-5-6-7-8-9-10-11-12-13-16-15(2)18(21)19(22-3,23-4)14-17(16)20/h5-14H2,1-4H3. The molecule has 0 radical (unpaired) electrons. The van der Waals surface area contributed by atoms with Crippen molar-refractivity contribution in [3.05, 3.63) is 11.1 Å². The second-order valence-electron chi connectivity index (χ2n) is 6.42. The van der Waals surface area contributed by atoms with Gasteiger partial charge in [-0.25, -0.2) is 0 Å². The average molecular weight is 324 g/mol. The fourth-order valence-electron chi connectivity index (χ4n) is 3.21. The SMILES string of the molecule is CCCCCCCCCCC1=C(C)C(=O)C(OC)(OC)CC1=O. The van der Waals surface area contributed by atoms with Gasteiger partial charge in [0.15, 0.2) is 5.78 Å². The van der Waals surface area contributed by atoms with Gasteiger partial charge >= 0.3 is 0 Å². The molecule has 1 rings (SSSR count). The van der Waals surface area contributed by atoms with Crippen LogP contribution in [0.1, 0.15) is 78.1 Å². The second-order valence-corrected chi connectivity index (χ2v) is 6.42. The molecule has 4 heteroatoms. The molecule has 0 unspecified atom stereocenters. The van der Waals surface area contributed by atoms with E-state index in [1.165, 1.54) is 52.7 Å². The Balaban J connectivity index is 2.46. The summed E-state index contributed by atoms with van der Waals surface area (Å²) in [6.45, 7) is 3.94. The highest BCUT2D eigenvalue weighted by molar-refractivity contribution is 6.14. The van der Waals surface area contributed by atoms with Gasteiger partial charge < -0.3 is 9.47 Å². The van der Waals surface area contributed by atoms with E-state index in [4.69, 9.17) is 9.47 Å². The van der Waals surface area contributed by atoms with E-state index in [9.17, 15) is 9.59 Å². The number of methoxy groups -OCH3 is 2. The van der Waals surface area contributed by atoms with Crippen molar-refractivity contribution in [3.63, 3.8) is 0 Å². The third-order valence-electron chi connectivity index (χ3n) is 4.81. The number of ketones is 2. The summed E-state index contributed by atoms with van der Waals surface area (Å²) in [5.74, 6) is -1.64. The summed E-state index contributed by atoms with van der Waals surface area (Å²) in [5, 5.41) is 0. The number of allylic oxidation sites excluding steroid dienone is 1. The van der Waals surface area contributed by atoms with Crippen LogP contribution in [-0.4, -0.2) is 31.6 Å². The summed E-state index contributed by atoms with van der Waals surface area (Å²) in [4.78, 5) is 24.8. The maximum Gasteiger partial charge on any atom is 0.240 e. The molecule has 0 aromatic heterocycles. The molecule has 0 spiro atoms. The first-order chi connectivity index (χ1) is 11.0. The van der Waals surface area contributed by atoms with Crippen LogP contribution in [0, 0.1) is 0 Å². The molecule has 0 aliphatic heterocycles. The molecular formula is C19H32O4. The molecule has 1 aliphatic carbocycles. The maximum absolute atomic E-state index is 12.4. The monoisotopic (exact) mass is 324 g/mol. The predicted molar refractivity (Wildman–Crippen MR) is 91.3 cm³/mol. The number of carbonyl (C=O) groups is 2. The Morgan fingerprint density at radius 1 is 0.913 bits per heavy atom. The van der Waals surface area contributed by atoms with Crippen molar-refractivity contribution in [1.29, 1.82) is 0 Å². The minimum absolute atomic E-state index is 0.0114. The first kappa shape index (κ1) is 20.0. The molecule has 23 heavy (non-hydrogen) atoms. The molecule has 0 N–H and O–H groups in total. The molecule has 0 amide bonds. The van der Waals surface area contributed by atoms with Crippen LogP contribution < -0.4 is 0 Å². The van der Waals surface area contributed by atoms with Crippen LogP contribution in [-0.2, 0) is 19.1 Å². The molecule has 0 aromatic rings. The zero-order valence-electron chi connectivity index (χ0n) is 15.2. The van der Waals surface area contributed by atoms with E-state index < -0.39 is 5.79 Å². The van der Waals surface area contributed by atoms with Gasteiger partial charge in [-0.3, -0.25) is 9.59 Å². The Morgan fingerprint density at radius 2 is 1.43 bits per heavy atom. The molecule has 132 valence electrons. The van der Waals surface area contributed by atoms with Crippen molar-refractivity contribution in [2.45, 2.75) is 83.8 Å². The van der Waals surface area contributed by atoms with Gasteiger partial charge in [-0.1, -0.05) is 51.9 Å². The smallest absolute Gasteiger partial charge is 0.240 e. The van der Waals surface area contributed by atoms with Gasteiger partial charge in [-0.15, -0.1) is 0 Å². The quantitative estimate of drug-likeness (QED) is 0.418. The molecule has 0 aromatic carbocycles. The van der Waals surface area contributed by atoms with Gasteiger partial charge in [0.05, 0.1) is 6.42 Å². The zero-order valence-corrected chi connectivity index (χ0v) is 15.2. The van der Waals surface area contributed by atoms with Crippen molar-refractivity contribution >= 4 is 11.6 Å². The van der Waals surface area contributed by atoms with E-state index in [2.05, 4.69) is 6.92 Å². The highest BCUT2D eigenvalue weighted by Gasteiger charge is 2.46. The lowest BCUT2D eigenvalue weighted by Gasteiger charge is -2.33. The minimum Gasteiger partial charge on any atom is -0.346 e. The number of hydrogen-bond acceptors (Lipinski definition) is 4. The third-order valence-corrected chi connectivity index (χ3v) is 4.81. The normalized spacial score (nSPS) is 17.9. The molecule has 0 saturated carbocycles. The van der Waals surface area contributed by atoms with Crippen LogP contribution in [0.15, 0.2) is 11.1 Å². The lowest BCUT2D eigenvalue weighted by atomic mass is 9.83. The zero-order chi connectivity index (χ0) is 17.3. The molecule has 1 aliphatic rings. The predicted octanol–water partition coefficient (Wildman–Crippen LogP) is 4.36. The Bertz CT molecular complexity index is 433. The minimum atomic E-state index is -1.41. The van der Waals surface area contributed by atoms with E-state index in [1.54, 1.807) is 6.92 Å². The van der Waals surface area contributed by atoms with E-state index >= 15 is 0 Å². The van der Waals surface area contributed by atoms with Crippen molar-refractivity contribution < 1.29 is 19.1 Å². The van der Waals surface area contributed by atoms with Gasteiger partial charge in [-0.2, -0.15) is 0 Å². The van der Waals surface area contributed by atoms with Crippen LogP contribution in [0.3, 0.4) is 0 Å². The van der Waals surface area contributed by atoms with Gasteiger partial charge in [0.2, 0.25) is 11.6 Å². The number of carbonyl (C=O) groups excluding carboxylic acids is 2. The van der Waals surface area contributed by atoms with E-state index in [1.807, 2.05) is 0 Å². The van der Waals surface area contributed by atoms with E-state index in [-0.39, 0.29) is 18.0 Å². The fourth-order valence-corrected chi connectivity index (χ4v) is 3.21. The van der Waals surface area contributed by atoms with Crippen LogP contribution in [0.25, 0.3) is 0 Å². The lowest BCUT2D eigenvalue weighted by Crippen LogP contribution is -2.48. The highest BCUT2D eigenvalue weighted by Crippen LogP contribution is 2.32. The number of hydrogen-bond donors (Lipinski definition) is 0. The average Bonchev–Trinajstić information content (AvgIpc) is 2.56. The molecule has 0 heterocycles. The number of unbranched alkanes of at least 4 members (excludes halogenated alkanes) is 7. The summed E-state index contributed by atoms with van der Waals surface area (Å²) < 4.78 is 10.4. The van der Waals surface area contributed by atoms with Crippen molar-refractivity contribution in [3.8, 4) is 0 Å². The largest absolute Gasteiger partial charge is 0.346 e. The second kappa shape index (κ2) is 9.99. The Morgan fingerprint density at radius 3 is 1.96 bits per heavy atom. The molecular weight excluding hydrogens is 292 g/mol. The third kappa shape index (κ3) is 5.25. The van der Waals surface area contributed by atoms with Gasteiger partial charge in [0.25, 0.3) is 0 Å². The topological polar surface area (TPSA) is 52.6 Å². The fraction of sp³-hybridized carbons (Fsp3) is 0.789. The first-order valence-electron chi connectivity index (χ1n) is 8.90. The van der Waals surface area contributed by atoms with Crippen LogP contribution in [0.2, 0.25) is 0 Å². The summed E-state index contributed by atoms with van der Waals surface area (Å²) in [6.07, 6.45) is 10.5. The highest BCUT2D eigenvalue weighted by atomic mass is 16.7. The van der Waals surface area contributed by atoms with E-state index in [0.29, 0.717) is 17.6 Å². The Kier molecular flexibility index (Phi) is 8.71. The summed E-state index contributed by atoms with van der Waals surface area (Å²) in [5.41, 5.74) is 1.18. The molecule has 0 bridgehead atoms. The number of rotatable bonds is 11. The van der Waals surface area contributed by atoms with Gasteiger partial charge in [-0.05, 0) is 19.8 Å².